The van der Waals surface area contributed by atoms with Crippen molar-refractivity contribution in [2.24, 2.45) is 0 Å². The normalized spacial score (nSPS) is 11.6. The number of rotatable bonds is 13. The quantitative estimate of drug-likeness (QED) is 0.110. The number of benzene rings is 19. The molecular formula is C114H76N4. The molecule has 23 rings (SSSR count). The average molecular weight is 1500 g/mol. The highest BCUT2D eigenvalue weighted by Crippen LogP contribution is 2.45. The van der Waals surface area contributed by atoms with Crippen molar-refractivity contribution in [1.29, 1.82) is 0 Å². The van der Waals surface area contributed by atoms with Crippen molar-refractivity contribution in [3.8, 4) is 123 Å². The van der Waals surface area contributed by atoms with Gasteiger partial charge in [-0.3, -0.25) is 0 Å². The standard InChI is InChI=1S/C60H40N2.C54H36N2/c1-5-17-41(18-6-1)49-35-31-47(39-55(49)43-21-9-3-10-22-43)61-57-27-15-13-25-51(57)53-33-29-45(37-59(53)61)46-30-34-54-52-26-14-16-28-58(52)62(60(54)38-46)48-32-36-50(42-19-7-2-8-20-42)56(40-48)44-23-11-4-12-24-44;1-3-13-37(14-4-1)39-25-27-40(28-26-39)42-18-12-20-46(34-42)56-52-24-10-8-22-48(52)50-32-30-44(36-54(50)56)43-29-31-49-47-21-7-9-23-51(47)55(53(49)35-43)45-19-11-17-41(33-45)38-15-5-2-6-16-38/h1-40H;1-36H. The van der Waals surface area contributed by atoms with Gasteiger partial charge in [-0.25, -0.2) is 0 Å². The first-order valence-electron chi connectivity index (χ1n) is 40.6. The predicted octanol–water partition coefficient (Wildman–Crippen LogP) is 30.8. The number of para-hydroxylation sites is 4. The van der Waals surface area contributed by atoms with E-state index in [1.807, 2.05) is 0 Å². The van der Waals surface area contributed by atoms with Crippen LogP contribution in [0.3, 0.4) is 0 Å². The molecule has 0 radical (unpaired) electrons. The van der Waals surface area contributed by atoms with Crippen molar-refractivity contribution in [3.05, 3.63) is 461 Å². The molecule has 0 fully saturated rings. The van der Waals surface area contributed by atoms with Gasteiger partial charge in [-0.05, 0) is 197 Å². The van der Waals surface area contributed by atoms with Crippen molar-refractivity contribution in [2.45, 2.75) is 0 Å². The lowest BCUT2D eigenvalue weighted by molar-refractivity contribution is 1.18. The van der Waals surface area contributed by atoms with E-state index in [-0.39, 0.29) is 0 Å². The molecule has 0 amide bonds. The zero-order valence-electron chi connectivity index (χ0n) is 64.7. The molecule has 0 saturated carbocycles. The number of nitrogens with zero attached hydrogens (tertiary/aromatic N) is 4. The molecule has 0 saturated heterocycles. The molecule has 0 bridgehead atoms. The van der Waals surface area contributed by atoms with Crippen molar-refractivity contribution < 1.29 is 0 Å². The van der Waals surface area contributed by atoms with Crippen LogP contribution in [0.25, 0.3) is 210 Å². The van der Waals surface area contributed by atoms with Crippen LogP contribution >= 0.6 is 0 Å². The Morgan fingerprint density at radius 3 is 0.610 bits per heavy atom. The minimum Gasteiger partial charge on any atom is -0.309 e. The van der Waals surface area contributed by atoms with Crippen LogP contribution in [-0.2, 0) is 0 Å². The third-order valence-corrected chi connectivity index (χ3v) is 23.9. The third-order valence-electron chi connectivity index (χ3n) is 23.9. The van der Waals surface area contributed by atoms with E-state index >= 15 is 0 Å². The number of fused-ring (bicyclic) bond motifs is 12. The van der Waals surface area contributed by atoms with Gasteiger partial charge in [0.1, 0.15) is 0 Å². The second-order valence-electron chi connectivity index (χ2n) is 30.7. The van der Waals surface area contributed by atoms with Gasteiger partial charge in [0, 0.05) is 65.8 Å². The highest BCUT2D eigenvalue weighted by atomic mass is 15.0. The smallest absolute Gasteiger partial charge is 0.0547 e. The Hall–Kier alpha value is -15.6. The van der Waals surface area contributed by atoms with Crippen LogP contribution in [0.1, 0.15) is 0 Å². The fourth-order valence-corrected chi connectivity index (χ4v) is 18.3. The fourth-order valence-electron chi connectivity index (χ4n) is 18.3. The van der Waals surface area contributed by atoms with Gasteiger partial charge in [-0.15, -0.1) is 0 Å². The summed E-state index contributed by atoms with van der Waals surface area (Å²) in [6.45, 7) is 0. The molecule has 0 atom stereocenters. The van der Waals surface area contributed by atoms with Crippen molar-refractivity contribution in [3.63, 3.8) is 0 Å². The van der Waals surface area contributed by atoms with E-state index in [2.05, 4.69) is 479 Å². The van der Waals surface area contributed by atoms with Crippen LogP contribution in [-0.4, -0.2) is 18.3 Å². The van der Waals surface area contributed by atoms with Crippen LogP contribution in [0.2, 0.25) is 0 Å². The largest absolute Gasteiger partial charge is 0.309 e. The summed E-state index contributed by atoms with van der Waals surface area (Å²) in [7, 11) is 0. The first-order valence-corrected chi connectivity index (χ1v) is 40.6. The first kappa shape index (κ1) is 69.1. The van der Waals surface area contributed by atoms with E-state index in [0.717, 1.165) is 22.7 Å². The Morgan fingerprint density at radius 1 is 0.102 bits per heavy atom. The van der Waals surface area contributed by atoms with Gasteiger partial charge in [-0.2, -0.15) is 0 Å². The van der Waals surface area contributed by atoms with E-state index in [4.69, 9.17) is 0 Å². The molecule has 4 nitrogen and oxygen atoms in total. The highest BCUT2D eigenvalue weighted by Gasteiger charge is 2.22. The predicted molar refractivity (Wildman–Crippen MR) is 499 cm³/mol. The SMILES string of the molecule is c1ccc(-c2ccc(-c3cccc(-n4c5ccccc5c5ccc(-c6ccc7c8ccccc8n(-c8cccc(-c9ccccc9)c8)c7c6)cc54)c3)cc2)cc1.c1ccc(-c2ccc(-n3c4ccccc4c4ccc(-c5ccc6c7ccccc7n(-c7ccc(-c8ccccc8)c(-c8ccccc8)c7)c6c5)cc43)cc2-c2ccccc2)cc1. The van der Waals surface area contributed by atoms with Gasteiger partial charge in [0.15, 0.2) is 0 Å². The molecule has 0 spiro atoms. The lowest BCUT2D eigenvalue weighted by Gasteiger charge is -2.16. The molecule has 552 valence electrons. The van der Waals surface area contributed by atoms with Gasteiger partial charge < -0.3 is 18.3 Å². The van der Waals surface area contributed by atoms with Crippen molar-refractivity contribution >= 4 is 87.2 Å². The monoisotopic (exact) mass is 1500 g/mol. The molecule has 0 aliphatic carbocycles. The van der Waals surface area contributed by atoms with Crippen molar-refractivity contribution in [2.75, 3.05) is 0 Å². The first-order chi connectivity index (χ1) is 58.5. The van der Waals surface area contributed by atoms with Crippen LogP contribution in [0.15, 0.2) is 461 Å². The van der Waals surface area contributed by atoms with Crippen LogP contribution in [0.5, 0.6) is 0 Å². The topological polar surface area (TPSA) is 19.7 Å². The molecule has 118 heavy (non-hydrogen) atoms. The molecule has 19 aromatic carbocycles. The summed E-state index contributed by atoms with van der Waals surface area (Å²) >= 11 is 0. The van der Waals surface area contributed by atoms with Gasteiger partial charge in [0.05, 0.1) is 44.1 Å². The lowest BCUT2D eigenvalue weighted by atomic mass is 9.94. The molecule has 0 unspecified atom stereocenters. The van der Waals surface area contributed by atoms with E-state index < -0.39 is 0 Å². The second-order valence-corrected chi connectivity index (χ2v) is 30.7. The van der Waals surface area contributed by atoms with Gasteiger partial charge >= 0.3 is 0 Å². The van der Waals surface area contributed by atoms with Crippen LogP contribution in [0.4, 0.5) is 0 Å². The molecule has 23 aromatic rings. The lowest BCUT2D eigenvalue weighted by Crippen LogP contribution is -1.97. The Morgan fingerprint density at radius 2 is 0.305 bits per heavy atom. The summed E-state index contributed by atoms with van der Waals surface area (Å²) in [5.41, 5.74) is 35.8. The van der Waals surface area contributed by atoms with Crippen LogP contribution < -0.4 is 0 Å². The summed E-state index contributed by atoms with van der Waals surface area (Å²) < 4.78 is 9.75. The zero-order chi connectivity index (χ0) is 78.0. The van der Waals surface area contributed by atoms with E-state index in [1.54, 1.807) is 0 Å². The molecule has 4 aromatic heterocycles. The van der Waals surface area contributed by atoms with Gasteiger partial charge in [0.2, 0.25) is 0 Å². The Balaban J connectivity index is 0.000000143. The minimum atomic E-state index is 1.13. The summed E-state index contributed by atoms with van der Waals surface area (Å²) in [5, 5.41) is 9.95. The molecule has 0 aliphatic heterocycles. The van der Waals surface area contributed by atoms with E-state index in [0.29, 0.717) is 0 Å². The van der Waals surface area contributed by atoms with Gasteiger partial charge in [0.25, 0.3) is 0 Å². The number of hydrogen-bond acceptors (Lipinski definition) is 0. The number of hydrogen-bond donors (Lipinski definition) is 0. The van der Waals surface area contributed by atoms with Crippen molar-refractivity contribution in [1.82, 2.24) is 18.3 Å². The average Bonchev–Trinajstić information content (AvgIpc) is 1.59. The maximum Gasteiger partial charge on any atom is 0.0547 e. The molecule has 4 heterocycles. The second kappa shape index (κ2) is 29.4. The maximum atomic E-state index is 2.45. The summed E-state index contributed by atoms with van der Waals surface area (Å²) in [6.07, 6.45) is 0. The zero-order valence-corrected chi connectivity index (χ0v) is 64.7. The number of aromatic nitrogens is 4. The van der Waals surface area contributed by atoms with E-state index in [1.165, 1.54) is 187 Å². The minimum absolute atomic E-state index is 1.13. The van der Waals surface area contributed by atoms with Gasteiger partial charge in [-0.1, -0.05) is 364 Å². The maximum absolute atomic E-state index is 2.45. The summed E-state index contributed by atoms with van der Waals surface area (Å²) in [6, 6.07) is 168. The molecular weight excluding hydrogens is 1430 g/mol. The fraction of sp³-hybridized carbons (Fsp3) is 0. The summed E-state index contributed by atoms with van der Waals surface area (Å²) in [5.74, 6) is 0. The van der Waals surface area contributed by atoms with E-state index in [9.17, 15) is 0 Å². The Kier molecular flexibility index (Phi) is 17.2. The highest BCUT2D eigenvalue weighted by molar-refractivity contribution is 6.15. The third kappa shape index (κ3) is 12.3. The molecule has 4 heteroatoms. The Labute approximate surface area is 684 Å². The Bertz CT molecular complexity index is 7500. The van der Waals surface area contributed by atoms with Crippen LogP contribution in [0, 0.1) is 0 Å². The summed E-state index contributed by atoms with van der Waals surface area (Å²) in [4.78, 5) is 0. The molecule has 0 N–H and O–H groups in total. The molecule has 0 aliphatic rings.